The maximum atomic E-state index is 13.4. The van der Waals surface area contributed by atoms with Gasteiger partial charge < -0.3 is 40.2 Å². The lowest BCUT2D eigenvalue weighted by Gasteiger charge is -2.35. The number of hydrogen-bond donors (Lipinski definition) is 6. The Kier molecular flexibility index (Phi) is 11.9. The number of fused-ring (bicyclic) bond motifs is 2. The maximum absolute atomic E-state index is 13.4. The summed E-state index contributed by atoms with van der Waals surface area (Å²) < 4.78 is 11.8. The molecule has 284 valence electrons. The van der Waals surface area contributed by atoms with Crippen molar-refractivity contribution in [1.29, 1.82) is 5.53 Å². The number of hydrogen-bond acceptors (Lipinski definition) is 13. The van der Waals surface area contributed by atoms with Gasteiger partial charge in [0.15, 0.2) is 0 Å². The number of carbonyl (C=O) groups is 1. The van der Waals surface area contributed by atoms with Gasteiger partial charge in [-0.15, -0.1) is 22.7 Å². The number of nitrogens with zero attached hydrogens (tertiary/aromatic N) is 2. The number of pyridine rings is 1. The molecule has 6 N–H and O–H groups in total. The molecule has 3 aromatic heterocycles. The van der Waals surface area contributed by atoms with Crippen LogP contribution in [0, 0.1) is 5.53 Å². The summed E-state index contributed by atoms with van der Waals surface area (Å²) in [6.45, 7) is 3.86. The van der Waals surface area contributed by atoms with Gasteiger partial charge in [0.25, 0.3) is 0 Å². The summed E-state index contributed by atoms with van der Waals surface area (Å²) in [6.07, 6.45) is 4.70. The van der Waals surface area contributed by atoms with Gasteiger partial charge in [-0.3, -0.25) is 4.79 Å². The predicted octanol–water partition coefficient (Wildman–Crippen LogP) is 6.91. The van der Waals surface area contributed by atoms with Gasteiger partial charge in [0.2, 0.25) is 11.2 Å². The Morgan fingerprint density at radius 2 is 1.78 bits per heavy atom. The fraction of sp³-hybridized carbons (Fsp3) is 0.400. The summed E-state index contributed by atoms with van der Waals surface area (Å²) in [5.74, 6) is -0.548. The maximum Gasteiger partial charge on any atom is 0.349 e. The van der Waals surface area contributed by atoms with Gasteiger partial charge in [0.1, 0.15) is 17.5 Å². The first-order chi connectivity index (χ1) is 26.3. The molecule has 1 aliphatic carbocycles. The van der Waals surface area contributed by atoms with Gasteiger partial charge >= 0.3 is 5.97 Å². The second kappa shape index (κ2) is 16.9. The van der Waals surface area contributed by atoms with Crippen molar-refractivity contribution in [2.24, 2.45) is 5.11 Å². The third-order valence-electron chi connectivity index (χ3n) is 10.7. The van der Waals surface area contributed by atoms with Crippen LogP contribution in [-0.2, 0) is 46.0 Å². The normalized spacial score (nSPS) is 17.2. The largest absolute Gasteiger partial charge is 0.506 e. The first kappa shape index (κ1) is 37.9. The predicted molar refractivity (Wildman–Crippen MR) is 211 cm³/mol. The number of aromatic hydroxyl groups is 1. The van der Waals surface area contributed by atoms with Gasteiger partial charge in [-0.25, -0.2) is 10.3 Å². The number of phenolic OH excluding ortho intramolecular Hbond substituents is 1. The van der Waals surface area contributed by atoms with Crippen LogP contribution in [0.15, 0.2) is 75.3 Å². The number of rotatable bonds is 16. The first-order valence-electron chi connectivity index (χ1n) is 18.4. The zero-order valence-electron chi connectivity index (χ0n) is 30.2. The molecule has 2 aliphatic rings. The Morgan fingerprint density at radius 3 is 2.48 bits per heavy atom. The quantitative estimate of drug-likeness (QED) is 0.0355. The van der Waals surface area contributed by atoms with Crippen LogP contribution in [-0.4, -0.2) is 64.9 Å². The number of aliphatic hydroxyl groups is 1. The minimum absolute atomic E-state index is 0.0534. The highest BCUT2D eigenvalue weighted by atomic mass is 32.1. The number of carbonyl (C=O) groups excluding carboxylic acids is 1. The molecule has 7 rings (SSSR count). The summed E-state index contributed by atoms with van der Waals surface area (Å²) >= 11 is 2.70. The summed E-state index contributed by atoms with van der Waals surface area (Å²) in [6, 6.07) is 16.3. The number of aromatic nitrogens is 1. The number of thiophene rings is 2. The minimum atomic E-state index is -1.78. The molecule has 0 atom stereocenters. The number of H-pyrrole nitrogens is 1. The van der Waals surface area contributed by atoms with Crippen molar-refractivity contribution in [3.05, 3.63) is 108 Å². The molecule has 5 aromatic rings. The van der Waals surface area contributed by atoms with Crippen molar-refractivity contribution in [3.8, 4) is 5.75 Å². The van der Waals surface area contributed by atoms with E-state index in [-0.39, 0.29) is 17.4 Å². The zero-order valence-corrected chi connectivity index (χ0v) is 31.9. The average Bonchev–Trinajstić information content (AvgIpc) is 4.01. The molecule has 0 radical (unpaired) electrons. The Bertz CT molecular complexity index is 2090. The molecule has 4 heterocycles. The van der Waals surface area contributed by atoms with Crippen LogP contribution in [0.1, 0.15) is 64.1 Å². The van der Waals surface area contributed by atoms with Crippen LogP contribution in [0.5, 0.6) is 5.75 Å². The number of phenols is 1. The highest BCUT2D eigenvalue weighted by Gasteiger charge is 2.45. The summed E-state index contributed by atoms with van der Waals surface area (Å²) in [5, 5.41) is 37.3. The third-order valence-corrected chi connectivity index (χ3v) is 12.6. The molecule has 0 bridgehead atoms. The highest BCUT2D eigenvalue weighted by molar-refractivity contribution is 7.12. The Balaban J connectivity index is 0.880. The fourth-order valence-corrected chi connectivity index (χ4v) is 9.39. The Hall–Kier alpha value is -4.44. The van der Waals surface area contributed by atoms with E-state index in [1.165, 1.54) is 28.7 Å². The van der Waals surface area contributed by atoms with Crippen molar-refractivity contribution in [2.45, 2.75) is 76.0 Å². The molecule has 0 unspecified atom stereocenters. The zero-order chi connectivity index (χ0) is 37.7. The Labute approximate surface area is 321 Å². The minimum Gasteiger partial charge on any atom is -0.506 e. The number of anilines is 1. The lowest BCUT2D eigenvalue weighted by molar-refractivity contribution is -0.169. The highest BCUT2D eigenvalue weighted by Crippen LogP contribution is 2.40. The lowest BCUT2D eigenvalue weighted by Crippen LogP contribution is -2.42. The monoisotopic (exact) mass is 770 g/mol. The van der Waals surface area contributed by atoms with Crippen LogP contribution in [0.4, 0.5) is 11.4 Å². The van der Waals surface area contributed by atoms with Crippen molar-refractivity contribution in [2.75, 3.05) is 32.0 Å². The van der Waals surface area contributed by atoms with E-state index in [9.17, 15) is 19.8 Å². The van der Waals surface area contributed by atoms with Crippen LogP contribution in [0.3, 0.4) is 0 Å². The molecular weight excluding hydrogens is 725 g/mol. The van der Waals surface area contributed by atoms with Crippen LogP contribution in [0.25, 0.3) is 10.9 Å². The number of nitrogens with one attached hydrogen (secondary N) is 4. The van der Waals surface area contributed by atoms with Crippen LogP contribution < -0.4 is 16.2 Å². The smallest absolute Gasteiger partial charge is 0.349 e. The average molecular weight is 771 g/mol. The topological polar surface area (TPSA) is 172 Å². The molecule has 0 saturated heterocycles. The molecule has 54 heavy (non-hydrogen) atoms. The van der Waals surface area contributed by atoms with E-state index >= 15 is 0 Å². The van der Waals surface area contributed by atoms with Gasteiger partial charge in [-0.1, -0.05) is 18.2 Å². The van der Waals surface area contributed by atoms with Gasteiger partial charge in [-0.2, -0.15) is 5.11 Å². The molecule has 14 heteroatoms. The first-order valence-corrected chi connectivity index (χ1v) is 20.1. The van der Waals surface area contributed by atoms with Crippen molar-refractivity contribution in [3.63, 3.8) is 0 Å². The van der Waals surface area contributed by atoms with Crippen molar-refractivity contribution < 1.29 is 24.5 Å². The molecule has 0 amide bonds. The molecule has 0 spiro atoms. The standard InChI is InChI=1S/C40H46N6O6S2/c1-46(27-8-10-28(11-9-27)52-39(49)40(50,34-5-2-19-53-34)35-6-3-20-54-35)18-4-16-43-37-31-24-51-23-30(31)26(21-32(37)45-41)22-42-17-15-25-7-13-33(47)38-29(25)12-14-36(48)44-38/h2-3,5-7,12-14,19-21,27-28,41-43,47,50H,4,8-11,15-18,22-24H2,1H3,(H,44,48). The fourth-order valence-electron chi connectivity index (χ4n) is 7.68. The van der Waals surface area contributed by atoms with E-state index in [0.717, 1.165) is 78.5 Å². The summed E-state index contributed by atoms with van der Waals surface area (Å²) in [5.41, 5.74) is 12.1. The Morgan fingerprint density at radius 1 is 1.04 bits per heavy atom. The second-order valence-electron chi connectivity index (χ2n) is 14.0. The number of benzene rings is 2. The molecule has 2 aromatic carbocycles. The summed E-state index contributed by atoms with van der Waals surface area (Å²) in [4.78, 5) is 31.4. The lowest BCUT2D eigenvalue weighted by atomic mass is 9.91. The van der Waals surface area contributed by atoms with Crippen LogP contribution in [0.2, 0.25) is 0 Å². The van der Waals surface area contributed by atoms with E-state index in [2.05, 4.69) is 32.7 Å². The number of aromatic amines is 1. The van der Waals surface area contributed by atoms with Gasteiger partial charge in [-0.05, 0) is 116 Å². The molecule has 1 saturated carbocycles. The van der Waals surface area contributed by atoms with E-state index in [4.69, 9.17) is 15.0 Å². The molecule has 12 nitrogen and oxygen atoms in total. The second-order valence-corrected chi connectivity index (χ2v) is 15.9. The van der Waals surface area contributed by atoms with Crippen LogP contribution >= 0.6 is 22.7 Å². The molecular formula is C40H46N6O6S2. The van der Waals surface area contributed by atoms with E-state index < -0.39 is 11.6 Å². The summed E-state index contributed by atoms with van der Waals surface area (Å²) in [7, 11) is 2.14. The molecule has 1 aliphatic heterocycles. The van der Waals surface area contributed by atoms with Crippen molar-refractivity contribution >= 4 is 50.9 Å². The van der Waals surface area contributed by atoms with Gasteiger partial charge in [0, 0.05) is 36.1 Å². The number of esters is 1. The van der Waals surface area contributed by atoms with E-state index in [1.54, 1.807) is 24.3 Å². The molecule has 1 fully saturated rings. The number of ether oxygens (including phenoxy) is 2. The van der Waals surface area contributed by atoms with Crippen molar-refractivity contribution in [1.82, 2.24) is 15.2 Å². The third kappa shape index (κ3) is 7.99. The van der Waals surface area contributed by atoms with E-state index in [0.29, 0.717) is 59.7 Å². The van der Waals surface area contributed by atoms with E-state index in [1.807, 2.05) is 35.0 Å². The SMILES string of the molecule is CN(CCCNc1c(N=N)cc(CNCCc2ccc(O)c3[nH]c(=O)ccc23)c2c1COC2)C1CCC(OC(=O)C(O)(c2cccs2)c2cccs2)CC1. The van der Waals surface area contributed by atoms with Gasteiger partial charge in [0.05, 0.1) is 34.2 Å².